The van der Waals surface area contributed by atoms with Crippen LogP contribution in [0.4, 0.5) is 0 Å². The molecule has 0 saturated heterocycles. The van der Waals surface area contributed by atoms with Crippen molar-refractivity contribution in [1.29, 1.82) is 0 Å². The lowest BCUT2D eigenvalue weighted by atomic mass is 9.96. The second-order valence-electron chi connectivity index (χ2n) is 5.06. The van der Waals surface area contributed by atoms with Crippen molar-refractivity contribution in [1.82, 2.24) is 14.6 Å². The van der Waals surface area contributed by atoms with Crippen LogP contribution in [0.25, 0.3) is 4.96 Å². The van der Waals surface area contributed by atoms with Gasteiger partial charge < -0.3 is 5.11 Å². The zero-order valence-electron chi connectivity index (χ0n) is 10.3. The third kappa shape index (κ3) is 2.17. The average molecular weight is 253 g/mol. The van der Waals surface area contributed by atoms with Crippen molar-refractivity contribution in [2.24, 2.45) is 0 Å². The summed E-state index contributed by atoms with van der Waals surface area (Å²) in [5.41, 5.74) is 0.779. The van der Waals surface area contributed by atoms with Crippen molar-refractivity contribution >= 4 is 22.3 Å². The summed E-state index contributed by atoms with van der Waals surface area (Å²) in [6.07, 6.45) is 0.0341. The topological polar surface area (TPSA) is 67.5 Å². The van der Waals surface area contributed by atoms with E-state index in [9.17, 15) is 4.79 Å². The van der Waals surface area contributed by atoms with E-state index in [2.05, 4.69) is 30.9 Å². The molecule has 0 amide bonds. The molecule has 17 heavy (non-hydrogen) atoms. The van der Waals surface area contributed by atoms with Gasteiger partial charge in [0.2, 0.25) is 4.96 Å². The van der Waals surface area contributed by atoms with Crippen molar-refractivity contribution in [2.45, 2.75) is 39.5 Å². The molecular weight excluding hydrogens is 238 g/mol. The summed E-state index contributed by atoms with van der Waals surface area (Å²) in [6.45, 7) is 8.04. The molecule has 0 aliphatic rings. The average Bonchev–Trinajstić information content (AvgIpc) is 2.67. The van der Waals surface area contributed by atoms with Crippen LogP contribution in [0.15, 0.2) is 0 Å². The Morgan fingerprint density at radius 2 is 2.12 bits per heavy atom. The van der Waals surface area contributed by atoms with Crippen LogP contribution in [0.2, 0.25) is 0 Å². The minimum absolute atomic E-state index is 0.0341. The molecule has 2 aromatic rings. The molecule has 2 rings (SSSR count). The van der Waals surface area contributed by atoms with Crippen LogP contribution < -0.4 is 0 Å². The monoisotopic (exact) mass is 253 g/mol. The van der Waals surface area contributed by atoms with Gasteiger partial charge in [0.25, 0.3) is 0 Å². The molecule has 0 radical (unpaired) electrons. The summed E-state index contributed by atoms with van der Waals surface area (Å²) in [4.78, 5) is 16.7. The van der Waals surface area contributed by atoms with E-state index in [4.69, 9.17) is 5.11 Å². The first kappa shape index (κ1) is 12.0. The number of rotatable bonds is 2. The van der Waals surface area contributed by atoms with Gasteiger partial charge in [-0.3, -0.25) is 4.79 Å². The standard InChI is InChI=1S/C11H15N3O2S/c1-6-7(5-8(15)16)17-10-12-9(11(2,3)4)13-14(6)10/h5H2,1-4H3,(H,15,16). The van der Waals surface area contributed by atoms with E-state index in [1.807, 2.05) is 6.92 Å². The Morgan fingerprint density at radius 3 is 2.59 bits per heavy atom. The van der Waals surface area contributed by atoms with Gasteiger partial charge in [0, 0.05) is 10.3 Å². The first-order valence-corrected chi connectivity index (χ1v) is 6.18. The molecule has 0 aliphatic carbocycles. The Balaban J connectivity index is 2.49. The van der Waals surface area contributed by atoms with E-state index in [1.54, 1.807) is 4.52 Å². The molecule has 0 aliphatic heterocycles. The van der Waals surface area contributed by atoms with Crippen LogP contribution in [0.5, 0.6) is 0 Å². The van der Waals surface area contributed by atoms with Crippen LogP contribution >= 0.6 is 11.3 Å². The lowest BCUT2D eigenvalue weighted by molar-refractivity contribution is -0.136. The molecule has 6 heteroatoms. The molecule has 0 aromatic carbocycles. The number of hydrogen-bond acceptors (Lipinski definition) is 4. The Bertz CT molecular complexity index is 577. The highest BCUT2D eigenvalue weighted by molar-refractivity contribution is 7.17. The summed E-state index contributed by atoms with van der Waals surface area (Å²) in [6, 6.07) is 0. The van der Waals surface area contributed by atoms with Crippen molar-refractivity contribution in [3.63, 3.8) is 0 Å². The molecule has 92 valence electrons. The van der Waals surface area contributed by atoms with Gasteiger partial charge in [-0.25, -0.2) is 9.50 Å². The number of fused-ring (bicyclic) bond motifs is 1. The van der Waals surface area contributed by atoms with E-state index in [1.165, 1.54) is 11.3 Å². The van der Waals surface area contributed by atoms with Gasteiger partial charge >= 0.3 is 5.97 Å². The quantitative estimate of drug-likeness (QED) is 0.889. The Hall–Kier alpha value is -1.43. The molecule has 0 bridgehead atoms. The first-order valence-electron chi connectivity index (χ1n) is 5.36. The highest BCUT2D eigenvalue weighted by Crippen LogP contribution is 2.25. The van der Waals surface area contributed by atoms with Crippen LogP contribution in [-0.4, -0.2) is 25.7 Å². The number of nitrogens with zero attached hydrogens (tertiary/aromatic N) is 3. The van der Waals surface area contributed by atoms with Crippen LogP contribution in [0.1, 0.15) is 37.2 Å². The van der Waals surface area contributed by atoms with Gasteiger partial charge in [-0.15, -0.1) is 5.10 Å². The lowest BCUT2D eigenvalue weighted by Gasteiger charge is -2.12. The van der Waals surface area contributed by atoms with E-state index in [0.717, 1.165) is 21.4 Å². The van der Waals surface area contributed by atoms with E-state index in [-0.39, 0.29) is 11.8 Å². The van der Waals surface area contributed by atoms with E-state index >= 15 is 0 Å². The van der Waals surface area contributed by atoms with Crippen LogP contribution in [-0.2, 0) is 16.6 Å². The lowest BCUT2D eigenvalue weighted by Crippen LogP contribution is -2.13. The van der Waals surface area contributed by atoms with Crippen molar-refractivity contribution < 1.29 is 9.90 Å². The number of thiazole rings is 1. The summed E-state index contributed by atoms with van der Waals surface area (Å²) < 4.78 is 1.74. The third-order valence-electron chi connectivity index (χ3n) is 2.50. The molecule has 0 unspecified atom stereocenters. The number of aromatic nitrogens is 3. The molecule has 0 atom stereocenters. The number of aliphatic carboxylic acids is 1. The number of carboxylic acid groups (broad SMARTS) is 1. The zero-order chi connectivity index (χ0) is 12.8. The highest BCUT2D eigenvalue weighted by Gasteiger charge is 2.22. The second kappa shape index (κ2) is 3.80. The Kier molecular flexibility index (Phi) is 2.69. The first-order chi connectivity index (χ1) is 7.79. The van der Waals surface area contributed by atoms with Gasteiger partial charge in [-0.05, 0) is 6.92 Å². The fourth-order valence-corrected chi connectivity index (χ4v) is 2.55. The Labute approximate surface area is 103 Å². The molecule has 0 fully saturated rings. The summed E-state index contributed by atoms with van der Waals surface area (Å²) in [5.74, 6) is -0.0395. The van der Waals surface area contributed by atoms with Crippen molar-refractivity contribution in [3.8, 4) is 0 Å². The number of carbonyl (C=O) groups is 1. The largest absolute Gasteiger partial charge is 0.481 e. The van der Waals surface area contributed by atoms with E-state index < -0.39 is 5.97 Å². The predicted molar refractivity (Wildman–Crippen MR) is 65.6 cm³/mol. The SMILES string of the molecule is Cc1c(CC(=O)O)sc2nc(C(C)(C)C)nn12. The smallest absolute Gasteiger partial charge is 0.308 e. The Morgan fingerprint density at radius 1 is 1.47 bits per heavy atom. The van der Waals surface area contributed by atoms with Crippen molar-refractivity contribution in [2.75, 3.05) is 0 Å². The molecule has 0 spiro atoms. The van der Waals surface area contributed by atoms with Crippen LogP contribution in [0.3, 0.4) is 0 Å². The number of hydrogen-bond donors (Lipinski definition) is 1. The van der Waals surface area contributed by atoms with E-state index in [0.29, 0.717) is 0 Å². The maximum Gasteiger partial charge on any atom is 0.308 e. The number of aryl methyl sites for hydroxylation is 1. The second-order valence-corrected chi connectivity index (χ2v) is 6.12. The molecule has 2 aromatic heterocycles. The van der Waals surface area contributed by atoms with Crippen molar-refractivity contribution in [3.05, 3.63) is 16.4 Å². The third-order valence-corrected chi connectivity index (χ3v) is 3.63. The number of carboxylic acids is 1. The summed E-state index contributed by atoms with van der Waals surface area (Å²) >= 11 is 1.40. The van der Waals surface area contributed by atoms with Gasteiger partial charge in [0.1, 0.15) is 0 Å². The van der Waals surface area contributed by atoms with Gasteiger partial charge in [0.05, 0.1) is 12.1 Å². The van der Waals surface area contributed by atoms with Gasteiger partial charge in [-0.1, -0.05) is 32.1 Å². The molecular formula is C11H15N3O2S. The fourth-order valence-electron chi connectivity index (χ4n) is 1.50. The maximum absolute atomic E-state index is 10.7. The highest BCUT2D eigenvalue weighted by atomic mass is 32.1. The summed E-state index contributed by atoms with van der Waals surface area (Å²) in [7, 11) is 0. The molecule has 1 N–H and O–H groups in total. The van der Waals surface area contributed by atoms with Gasteiger partial charge in [0.15, 0.2) is 5.82 Å². The minimum Gasteiger partial charge on any atom is -0.481 e. The predicted octanol–water partition coefficient (Wildman–Crippen LogP) is 2.02. The normalized spacial score (nSPS) is 12.2. The minimum atomic E-state index is -0.825. The maximum atomic E-state index is 10.7. The van der Waals surface area contributed by atoms with Crippen LogP contribution in [0, 0.1) is 6.92 Å². The molecule has 2 heterocycles. The van der Waals surface area contributed by atoms with Gasteiger partial charge in [-0.2, -0.15) is 0 Å². The fraction of sp³-hybridized carbons (Fsp3) is 0.545. The zero-order valence-corrected chi connectivity index (χ0v) is 11.1. The summed E-state index contributed by atoms with van der Waals surface area (Å²) in [5, 5.41) is 13.2. The molecule has 5 nitrogen and oxygen atoms in total. The molecule has 0 saturated carbocycles.